The number of hydrogen-bond donors (Lipinski definition) is 2. The standard InChI is InChI=1S/C11H16N4/c1-11(2,3)7-5-8-9(12-4)14-15-10(8)13-6-7/h5-6H,1-4H3,(H2,12,13,14,15). The molecular formula is C11H16N4. The Hall–Kier alpha value is -1.58. The molecule has 0 aliphatic heterocycles. The van der Waals surface area contributed by atoms with Crippen molar-refractivity contribution in [1.29, 1.82) is 0 Å². The third kappa shape index (κ3) is 1.67. The molecule has 0 aliphatic carbocycles. The predicted molar refractivity (Wildman–Crippen MR) is 62.1 cm³/mol. The first kappa shape index (κ1) is 9.96. The maximum absolute atomic E-state index is 4.36. The van der Waals surface area contributed by atoms with Gasteiger partial charge in [-0.05, 0) is 17.0 Å². The fourth-order valence-corrected chi connectivity index (χ4v) is 1.50. The van der Waals surface area contributed by atoms with E-state index in [-0.39, 0.29) is 5.41 Å². The van der Waals surface area contributed by atoms with Crippen molar-refractivity contribution in [2.75, 3.05) is 12.4 Å². The quantitative estimate of drug-likeness (QED) is 0.749. The van der Waals surface area contributed by atoms with Crippen molar-refractivity contribution in [2.45, 2.75) is 26.2 Å². The van der Waals surface area contributed by atoms with Crippen LogP contribution in [-0.2, 0) is 5.41 Å². The molecule has 0 saturated heterocycles. The van der Waals surface area contributed by atoms with Crippen LogP contribution in [0.3, 0.4) is 0 Å². The van der Waals surface area contributed by atoms with Crippen molar-refractivity contribution in [1.82, 2.24) is 15.2 Å². The average molecular weight is 204 g/mol. The number of aromatic nitrogens is 3. The normalized spacial score (nSPS) is 12.0. The molecule has 0 spiro atoms. The Morgan fingerprint density at radius 3 is 2.67 bits per heavy atom. The van der Waals surface area contributed by atoms with Crippen molar-refractivity contribution >= 4 is 16.9 Å². The summed E-state index contributed by atoms with van der Waals surface area (Å²) in [5.74, 6) is 0.851. The van der Waals surface area contributed by atoms with Gasteiger partial charge in [0.25, 0.3) is 0 Å². The van der Waals surface area contributed by atoms with Gasteiger partial charge in [0.1, 0.15) is 0 Å². The lowest BCUT2D eigenvalue weighted by atomic mass is 9.88. The summed E-state index contributed by atoms with van der Waals surface area (Å²) < 4.78 is 0. The van der Waals surface area contributed by atoms with E-state index >= 15 is 0 Å². The highest BCUT2D eigenvalue weighted by Crippen LogP contribution is 2.26. The van der Waals surface area contributed by atoms with Crippen LogP contribution in [0.2, 0.25) is 0 Å². The number of aromatic amines is 1. The van der Waals surface area contributed by atoms with Crippen LogP contribution in [0.15, 0.2) is 12.3 Å². The Kier molecular flexibility index (Phi) is 2.14. The van der Waals surface area contributed by atoms with E-state index in [4.69, 9.17) is 0 Å². The highest BCUT2D eigenvalue weighted by Gasteiger charge is 2.16. The molecule has 15 heavy (non-hydrogen) atoms. The first-order valence-corrected chi connectivity index (χ1v) is 5.05. The molecule has 2 rings (SSSR count). The van der Waals surface area contributed by atoms with E-state index in [1.807, 2.05) is 13.2 Å². The number of nitrogens with one attached hydrogen (secondary N) is 2. The zero-order chi connectivity index (χ0) is 11.1. The SMILES string of the molecule is CNc1n[nH]c2ncc(C(C)(C)C)cc12. The van der Waals surface area contributed by atoms with Crippen molar-refractivity contribution < 1.29 is 0 Å². The Morgan fingerprint density at radius 2 is 2.07 bits per heavy atom. The van der Waals surface area contributed by atoms with E-state index in [1.54, 1.807) is 0 Å². The summed E-state index contributed by atoms with van der Waals surface area (Å²) in [6.07, 6.45) is 1.90. The first-order chi connectivity index (χ1) is 7.02. The maximum Gasteiger partial charge on any atom is 0.157 e. The van der Waals surface area contributed by atoms with Gasteiger partial charge in [0, 0.05) is 13.2 Å². The van der Waals surface area contributed by atoms with Crippen LogP contribution in [0, 0.1) is 0 Å². The Bertz CT molecular complexity index is 479. The minimum Gasteiger partial charge on any atom is -0.371 e. The molecule has 0 atom stereocenters. The monoisotopic (exact) mass is 204 g/mol. The summed E-state index contributed by atoms with van der Waals surface area (Å²) in [7, 11) is 1.86. The van der Waals surface area contributed by atoms with Gasteiger partial charge >= 0.3 is 0 Å². The smallest absolute Gasteiger partial charge is 0.157 e. The number of rotatable bonds is 1. The molecule has 0 bridgehead atoms. The zero-order valence-electron chi connectivity index (χ0n) is 9.55. The lowest BCUT2D eigenvalue weighted by Crippen LogP contribution is -2.11. The van der Waals surface area contributed by atoms with Gasteiger partial charge in [-0.2, -0.15) is 5.10 Å². The number of fused-ring (bicyclic) bond motifs is 1. The molecule has 0 radical (unpaired) electrons. The number of H-pyrrole nitrogens is 1. The molecule has 4 nitrogen and oxygen atoms in total. The zero-order valence-corrected chi connectivity index (χ0v) is 9.55. The molecular weight excluding hydrogens is 188 g/mol. The third-order valence-electron chi connectivity index (χ3n) is 2.52. The topological polar surface area (TPSA) is 53.6 Å². The van der Waals surface area contributed by atoms with E-state index < -0.39 is 0 Å². The van der Waals surface area contributed by atoms with Gasteiger partial charge in [0.05, 0.1) is 5.39 Å². The van der Waals surface area contributed by atoms with Gasteiger partial charge in [-0.1, -0.05) is 20.8 Å². The molecule has 2 N–H and O–H groups in total. The summed E-state index contributed by atoms with van der Waals surface area (Å²) >= 11 is 0. The number of pyridine rings is 1. The molecule has 2 aromatic heterocycles. The molecule has 0 fully saturated rings. The molecule has 4 heteroatoms. The predicted octanol–water partition coefficient (Wildman–Crippen LogP) is 2.30. The first-order valence-electron chi connectivity index (χ1n) is 5.05. The van der Waals surface area contributed by atoms with Crippen LogP contribution < -0.4 is 5.32 Å². The highest BCUT2D eigenvalue weighted by atomic mass is 15.2. The second kappa shape index (κ2) is 3.22. The summed E-state index contributed by atoms with van der Waals surface area (Å²) in [4.78, 5) is 4.36. The van der Waals surface area contributed by atoms with Crippen molar-refractivity contribution in [3.05, 3.63) is 17.8 Å². The molecule has 2 aromatic rings. The van der Waals surface area contributed by atoms with Crippen molar-refractivity contribution in [2.24, 2.45) is 0 Å². The van der Waals surface area contributed by atoms with Crippen LogP contribution in [-0.4, -0.2) is 22.2 Å². The Labute approximate surface area is 89.1 Å². The van der Waals surface area contributed by atoms with Crippen LogP contribution >= 0.6 is 0 Å². The van der Waals surface area contributed by atoms with Gasteiger partial charge < -0.3 is 5.32 Å². The van der Waals surface area contributed by atoms with Crippen LogP contribution in [0.4, 0.5) is 5.82 Å². The van der Waals surface area contributed by atoms with E-state index in [0.717, 1.165) is 16.9 Å². The van der Waals surface area contributed by atoms with E-state index in [1.165, 1.54) is 5.56 Å². The largest absolute Gasteiger partial charge is 0.371 e. The van der Waals surface area contributed by atoms with Crippen molar-refractivity contribution in [3.8, 4) is 0 Å². The van der Waals surface area contributed by atoms with Gasteiger partial charge in [-0.3, -0.25) is 5.10 Å². The number of nitrogens with zero attached hydrogens (tertiary/aromatic N) is 2. The number of anilines is 1. The maximum atomic E-state index is 4.36. The molecule has 0 saturated carbocycles. The summed E-state index contributed by atoms with van der Waals surface area (Å²) in [6, 6.07) is 2.14. The second-order valence-electron chi connectivity index (χ2n) is 4.69. The second-order valence-corrected chi connectivity index (χ2v) is 4.69. The average Bonchev–Trinajstić information content (AvgIpc) is 2.57. The summed E-state index contributed by atoms with van der Waals surface area (Å²) in [5, 5.41) is 11.1. The fraction of sp³-hybridized carbons (Fsp3) is 0.455. The highest BCUT2D eigenvalue weighted by molar-refractivity contribution is 5.87. The lowest BCUT2D eigenvalue weighted by molar-refractivity contribution is 0.588. The van der Waals surface area contributed by atoms with Crippen molar-refractivity contribution in [3.63, 3.8) is 0 Å². The minimum absolute atomic E-state index is 0.115. The van der Waals surface area contributed by atoms with Crippen LogP contribution in [0.25, 0.3) is 11.0 Å². The van der Waals surface area contributed by atoms with Gasteiger partial charge in [0.2, 0.25) is 0 Å². The lowest BCUT2D eigenvalue weighted by Gasteiger charge is -2.18. The fourth-order valence-electron chi connectivity index (χ4n) is 1.50. The van der Waals surface area contributed by atoms with E-state index in [9.17, 15) is 0 Å². The molecule has 80 valence electrons. The van der Waals surface area contributed by atoms with Gasteiger partial charge in [-0.25, -0.2) is 4.98 Å². The van der Waals surface area contributed by atoms with E-state index in [0.29, 0.717) is 0 Å². The minimum atomic E-state index is 0.115. The Morgan fingerprint density at radius 1 is 1.33 bits per heavy atom. The molecule has 0 amide bonds. The van der Waals surface area contributed by atoms with E-state index in [2.05, 4.69) is 47.3 Å². The Balaban J connectivity index is 2.63. The van der Waals surface area contributed by atoms with Gasteiger partial charge in [-0.15, -0.1) is 0 Å². The molecule has 0 aromatic carbocycles. The summed E-state index contributed by atoms with van der Waals surface area (Å²) in [5.41, 5.74) is 2.16. The van der Waals surface area contributed by atoms with Crippen LogP contribution in [0.1, 0.15) is 26.3 Å². The van der Waals surface area contributed by atoms with Crippen LogP contribution in [0.5, 0.6) is 0 Å². The number of hydrogen-bond acceptors (Lipinski definition) is 3. The summed E-state index contributed by atoms with van der Waals surface area (Å²) in [6.45, 7) is 6.53. The molecule has 0 unspecified atom stereocenters. The van der Waals surface area contributed by atoms with Gasteiger partial charge in [0.15, 0.2) is 11.5 Å². The molecule has 0 aliphatic rings. The molecule has 2 heterocycles. The third-order valence-corrected chi connectivity index (χ3v) is 2.52.